The van der Waals surface area contributed by atoms with E-state index in [1.165, 1.54) is 0 Å². The van der Waals surface area contributed by atoms with Crippen molar-refractivity contribution in [2.24, 2.45) is 9.98 Å². The minimum atomic E-state index is 0.00838. The number of nitrogens with one attached hydrogen (secondary N) is 1. The van der Waals surface area contributed by atoms with Crippen LogP contribution in [0.25, 0.3) is 0 Å². The molecule has 0 aliphatic carbocycles. The maximum Gasteiger partial charge on any atom is 0.132 e. The van der Waals surface area contributed by atoms with Gasteiger partial charge in [-0.25, -0.2) is 4.99 Å². The third kappa shape index (κ3) is 6.74. The van der Waals surface area contributed by atoms with E-state index in [9.17, 15) is 0 Å². The number of dihydropyridines is 1. The molecule has 0 saturated heterocycles. The average molecular weight is 348 g/mol. The summed E-state index contributed by atoms with van der Waals surface area (Å²) in [6.07, 6.45) is 8.52. The Hall–Kier alpha value is -2.08. The first-order valence-electron chi connectivity index (χ1n) is 8.86. The van der Waals surface area contributed by atoms with Crippen LogP contribution in [0.4, 0.5) is 0 Å². The molecule has 1 heterocycles. The highest BCUT2D eigenvalue weighted by molar-refractivity contribution is 6.00. The molecule has 0 fully saturated rings. The number of aliphatic hydroxyl groups is 1. The molecule has 6 nitrogen and oxygen atoms in total. The third-order valence-corrected chi connectivity index (χ3v) is 3.79. The number of rotatable bonds is 11. The number of aliphatic hydroxyl groups excluding tert-OH is 1. The van der Waals surface area contributed by atoms with Crippen molar-refractivity contribution in [1.29, 1.82) is 0 Å². The molecule has 0 aromatic rings. The highest BCUT2D eigenvalue weighted by Crippen LogP contribution is 2.18. The van der Waals surface area contributed by atoms with Gasteiger partial charge in [0, 0.05) is 31.6 Å². The second-order valence-electron chi connectivity index (χ2n) is 5.99. The maximum atomic E-state index is 8.87. The Kier molecular flexibility index (Phi) is 9.62. The van der Waals surface area contributed by atoms with Gasteiger partial charge in [0.15, 0.2) is 0 Å². The van der Waals surface area contributed by atoms with E-state index >= 15 is 0 Å². The van der Waals surface area contributed by atoms with Gasteiger partial charge in [0.2, 0.25) is 0 Å². The average Bonchev–Trinajstić information content (AvgIpc) is 2.61. The summed E-state index contributed by atoms with van der Waals surface area (Å²) in [4.78, 5) is 11.0. The standard InChI is InChI=1S/C19H32N4O2/c1-6-8-17(19(20-3)23(4)5)18(7-2)22-14-15-13-16(9-10-21-15)25-12-11-24/h9-10,13,15,21,24H,3,6-8,11-12,14H2,1-2,4-5H3/b19-17+,22-18?. The molecule has 0 amide bonds. The molecule has 0 aromatic heterocycles. The number of ether oxygens (including phenoxy) is 1. The van der Waals surface area contributed by atoms with E-state index in [0.29, 0.717) is 13.2 Å². The van der Waals surface area contributed by atoms with E-state index < -0.39 is 0 Å². The van der Waals surface area contributed by atoms with Crippen LogP contribution in [0.2, 0.25) is 0 Å². The molecule has 0 radical (unpaired) electrons. The largest absolute Gasteiger partial charge is 0.491 e. The molecule has 0 bridgehead atoms. The fourth-order valence-corrected chi connectivity index (χ4v) is 2.69. The first kappa shape index (κ1) is 21.0. The Morgan fingerprint density at radius 2 is 2.16 bits per heavy atom. The highest BCUT2D eigenvalue weighted by Gasteiger charge is 2.14. The lowest BCUT2D eigenvalue weighted by Gasteiger charge is -2.21. The molecule has 6 heteroatoms. The van der Waals surface area contributed by atoms with Crippen LogP contribution >= 0.6 is 0 Å². The molecule has 0 aromatic carbocycles. The first-order chi connectivity index (χ1) is 12.1. The van der Waals surface area contributed by atoms with Crippen molar-refractivity contribution in [1.82, 2.24) is 10.2 Å². The SMILES string of the molecule is C=N/C(=C(/CCC)C(CC)=NCC1C=C(OCCO)C=CN1)N(C)C. The minimum absolute atomic E-state index is 0.00838. The zero-order valence-corrected chi connectivity index (χ0v) is 16.0. The van der Waals surface area contributed by atoms with Gasteiger partial charge in [-0.3, -0.25) is 4.99 Å². The number of aliphatic imine (C=N–C) groups is 2. The molecule has 0 spiro atoms. The van der Waals surface area contributed by atoms with Gasteiger partial charge in [-0.2, -0.15) is 0 Å². The molecular weight excluding hydrogens is 316 g/mol. The Morgan fingerprint density at radius 3 is 2.72 bits per heavy atom. The molecule has 1 rings (SSSR count). The molecule has 140 valence electrons. The number of allylic oxidation sites excluding steroid dienone is 2. The number of nitrogens with zero attached hydrogens (tertiary/aromatic N) is 3. The zero-order chi connectivity index (χ0) is 18.7. The Balaban J connectivity index is 2.95. The van der Waals surface area contributed by atoms with E-state index in [1.807, 2.05) is 37.3 Å². The second kappa shape index (κ2) is 11.5. The number of hydrogen-bond donors (Lipinski definition) is 2. The third-order valence-electron chi connectivity index (χ3n) is 3.79. The van der Waals surface area contributed by atoms with Crippen LogP contribution in [0.15, 0.2) is 45.5 Å². The minimum Gasteiger partial charge on any atom is -0.491 e. The van der Waals surface area contributed by atoms with Crippen LogP contribution in [-0.4, -0.2) is 62.3 Å². The molecule has 1 aliphatic rings. The predicted octanol–water partition coefficient (Wildman–Crippen LogP) is 2.49. The summed E-state index contributed by atoms with van der Waals surface area (Å²) >= 11 is 0. The van der Waals surface area contributed by atoms with Gasteiger partial charge in [-0.15, -0.1) is 0 Å². The quantitative estimate of drug-likeness (QED) is 0.563. The van der Waals surface area contributed by atoms with Crippen molar-refractivity contribution in [3.8, 4) is 0 Å². The molecule has 25 heavy (non-hydrogen) atoms. The number of hydrogen-bond acceptors (Lipinski definition) is 6. The van der Waals surface area contributed by atoms with E-state index in [4.69, 9.17) is 14.8 Å². The summed E-state index contributed by atoms with van der Waals surface area (Å²) in [7, 11) is 3.96. The van der Waals surface area contributed by atoms with Crippen LogP contribution < -0.4 is 5.32 Å². The summed E-state index contributed by atoms with van der Waals surface area (Å²) in [6.45, 7) is 8.91. The summed E-state index contributed by atoms with van der Waals surface area (Å²) in [5, 5.41) is 12.1. The Labute approximate surface area is 151 Å². The molecule has 2 N–H and O–H groups in total. The van der Waals surface area contributed by atoms with Crippen molar-refractivity contribution in [2.45, 2.75) is 39.2 Å². The monoisotopic (exact) mass is 348 g/mol. The van der Waals surface area contributed by atoms with E-state index in [0.717, 1.165) is 42.1 Å². The van der Waals surface area contributed by atoms with Crippen molar-refractivity contribution in [3.05, 3.63) is 35.5 Å². The smallest absolute Gasteiger partial charge is 0.132 e. The van der Waals surface area contributed by atoms with Gasteiger partial charge in [-0.05, 0) is 31.7 Å². The topological polar surface area (TPSA) is 69.5 Å². The summed E-state index contributed by atoms with van der Waals surface area (Å²) in [5.41, 5.74) is 2.23. The molecule has 1 unspecified atom stereocenters. The molecular formula is C19H32N4O2. The van der Waals surface area contributed by atoms with Crippen molar-refractivity contribution in [3.63, 3.8) is 0 Å². The summed E-state index contributed by atoms with van der Waals surface area (Å²) in [6, 6.07) is 0.0719. The fraction of sp³-hybridized carbons (Fsp3) is 0.579. The van der Waals surface area contributed by atoms with Crippen molar-refractivity contribution < 1.29 is 9.84 Å². The van der Waals surface area contributed by atoms with Crippen LogP contribution in [0.3, 0.4) is 0 Å². The van der Waals surface area contributed by atoms with Crippen LogP contribution in [0, 0.1) is 0 Å². The van der Waals surface area contributed by atoms with Gasteiger partial charge in [0.25, 0.3) is 0 Å². The van der Waals surface area contributed by atoms with E-state index in [1.54, 1.807) is 0 Å². The highest BCUT2D eigenvalue weighted by atomic mass is 16.5. The van der Waals surface area contributed by atoms with E-state index in [-0.39, 0.29) is 12.6 Å². The first-order valence-corrected chi connectivity index (χ1v) is 8.86. The lowest BCUT2D eigenvalue weighted by atomic mass is 10.0. The molecule has 1 aliphatic heterocycles. The lowest BCUT2D eigenvalue weighted by molar-refractivity contribution is 0.150. The van der Waals surface area contributed by atoms with Gasteiger partial charge in [-0.1, -0.05) is 20.3 Å². The van der Waals surface area contributed by atoms with Gasteiger partial charge < -0.3 is 20.1 Å². The maximum absolute atomic E-state index is 8.87. The van der Waals surface area contributed by atoms with Crippen molar-refractivity contribution >= 4 is 12.4 Å². The second-order valence-corrected chi connectivity index (χ2v) is 5.99. The van der Waals surface area contributed by atoms with Gasteiger partial charge in [0.1, 0.15) is 18.2 Å². The van der Waals surface area contributed by atoms with Crippen LogP contribution in [0.1, 0.15) is 33.1 Å². The van der Waals surface area contributed by atoms with Gasteiger partial charge in [0.05, 0.1) is 19.2 Å². The fourth-order valence-electron chi connectivity index (χ4n) is 2.69. The van der Waals surface area contributed by atoms with Crippen LogP contribution in [-0.2, 0) is 4.74 Å². The Bertz CT molecular complexity index is 548. The zero-order valence-electron chi connectivity index (χ0n) is 16.0. The molecule has 1 atom stereocenters. The van der Waals surface area contributed by atoms with Crippen LogP contribution in [0.5, 0.6) is 0 Å². The lowest BCUT2D eigenvalue weighted by Crippen LogP contribution is -2.29. The normalized spacial score (nSPS) is 18.2. The predicted molar refractivity (Wildman–Crippen MR) is 105 cm³/mol. The molecule has 0 saturated carbocycles. The summed E-state index contributed by atoms with van der Waals surface area (Å²) < 4.78 is 5.47. The Morgan fingerprint density at radius 1 is 1.40 bits per heavy atom. The van der Waals surface area contributed by atoms with E-state index in [2.05, 4.69) is 30.9 Å². The summed E-state index contributed by atoms with van der Waals surface area (Å²) in [5.74, 6) is 1.65. The van der Waals surface area contributed by atoms with Gasteiger partial charge >= 0.3 is 0 Å². The van der Waals surface area contributed by atoms with Crippen molar-refractivity contribution in [2.75, 3.05) is 33.9 Å².